The summed E-state index contributed by atoms with van der Waals surface area (Å²) in [6, 6.07) is 7.70. The minimum absolute atomic E-state index is 0.0200. The number of nitrogens with zero attached hydrogens (tertiary/aromatic N) is 1. The molecule has 2 aromatic carbocycles. The lowest BCUT2D eigenvalue weighted by Gasteiger charge is -2.14. The minimum atomic E-state index is -0.593. The van der Waals surface area contributed by atoms with Gasteiger partial charge in [0, 0.05) is 25.7 Å². The van der Waals surface area contributed by atoms with Gasteiger partial charge in [-0.1, -0.05) is 0 Å². The zero-order valence-electron chi connectivity index (χ0n) is 11.7. The Kier molecular flexibility index (Phi) is 4.07. The van der Waals surface area contributed by atoms with Gasteiger partial charge in [0.05, 0.1) is 17.1 Å². The summed E-state index contributed by atoms with van der Waals surface area (Å²) in [6.45, 7) is 0. The minimum Gasteiger partial charge on any atom is -0.397 e. The Morgan fingerprint density at radius 1 is 1.10 bits per heavy atom. The van der Waals surface area contributed by atoms with E-state index in [9.17, 15) is 13.6 Å². The van der Waals surface area contributed by atoms with Crippen LogP contribution < -0.4 is 11.1 Å². The topological polar surface area (TPSA) is 58.4 Å². The van der Waals surface area contributed by atoms with Gasteiger partial charge in [-0.15, -0.1) is 0 Å². The fourth-order valence-electron chi connectivity index (χ4n) is 1.81. The maximum atomic E-state index is 13.6. The van der Waals surface area contributed by atoms with Crippen LogP contribution in [-0.2, 0) is 0 Å². The number of nitrogens with one attached hydrogen (secondary N) is 1. The molecule has 0 unspecified atom stereocenters. The number of halogens is 2. The number of benzene rings is 2. The standard InChI is InChI=1S/C15H15F2N3O/c1-20(2)15(21)9-3-6-13(12(18)7-9)19-14-8-10(16)4-5-11(14)17/h3-8,19H,18H2,1-2H3. The van der Waals surface area contributed by atoms with Crippen molar-refractivity contribution in [1.82, 2.24) is 4.90 Å². The summed E-state index contributed by atoms with van der Waals surface area (Å²) >= 11 is 0. The van der Waals surface area contributed by atoms with Gasteiger partial charge in [-0.25, -0.2) is 8.78 Å². The molecule has 0 fully saturated rings. The first-order valence-corrected chi connectivity index (χ1v) is 6.21. The third kappa shape index (κ3) is 3.28. The van der Waals surface area contributed by atoms with Crippen molar-refractivity contribution >= 4 is 23.0 Å². The van der Waals surface area contributed by atoms with Crippen molar-refractivity contribution in [3.63, 3.8) is 0 Å². The Morgan fingerprint density at radius 2 is 1.81 bits per heavy atom. The van der Waals surface area contributed by atoms with E-state index in [4.69, 9.17) is 5.73 Å². The molecule has 0 aliphatic rings. The van der Waals surface area contributed by atoms with Crippen molar-refractivity contribution in [2.75, 3.05) is 25.1 Å². The van der Waals surface area contributed by atoms with Gasteiger partial charge in [0.25, 0.3) is 5.91 Å². The third-order valence-electron chi connectivity index (χ3n) is 2.90. The Morgan fingerprint density at radius 3 is 2.43 bits per heavy atom. The van der Waals surface area contributed by atoms with Gasteiger partial charge < -0.3 is 16.0 Å². The van der Waals surface area contributed by atoms with Crippen LogP contribution >= 0.6 is 0 Å². The molecule has 2 aromatic rings. The lowest BCUT2D eigenvalue weighted by molar-refractivity contribution is 0.0827. The second-order valence-electron chi connectivity index (χ2n) is 4.75. The van der Waals surface area contributed by atoms with Gasteiger partial charge in [0.15, 0.2) is 0 Å². The molecule has 0 saturated heterocycles. The van der Waals surface area contributed by atoms with E-state index < -0.39 is 11.6 Å². The van der Waals surface area contributed by atoms with E-state index in [0.29, 0.717) is 11.3 Å². The largest absolute Gasteiger partial charge is 0.397 e. The Bertz CT molecular complexity index is 687. The molecule has 0 spiro atoms. The number of hydrogen-bond donors (Lipinski definition) is 2. The molecule has 1 amide bonds. The summed E-state index contributed by atoms with van der Waals surface area (Å²) in [5.41, 5.74) is 6.91. The molecule has 6 heteroatoms. The van der Waals surface area contributed by atoms with Crippen molar-refractivity contribution < 1.29 is 13.6 Å². The molecule has 0 bridgehead atoms. The maximum Gasteiger partial charge on any atom is 0.253 e. The summed E-state index contributed by atoms with van der Waals surface area (Å²) in [5, 5.41) is 2.71. The van der Waals surface area contributed by atoms with E-state index in [-0.39, 0.29) is 17.3 Å². The number of carbonyl (C=O) groups is 1. The SMILES string of the molecule is CN(C)C(=O)c1ccc(Nc2cc(F)ccc2F)c(N)c1. The fourth-order valence-corrected chi connectivity index (χ4v) is 1.81. The van der Waals surface area contributed by atoms with E-state index in [0.717, 1.165) is 18.2 Å². The zero-order valence-corrected chi connectivity index (χ0v) is 11.7. The highest BCUT2D eigenvalue weighted by Gasteiger charge is 2.11. The summed E-state index contributed by atoms with van der Waals surface area (Å²) < 4.78 is 26.7. The van der Waals surface area contributed by atoms with Crippen LogP contribution in [0.25, 0.3) is 0 Å². The monoisotopic (exact) mass is 291 g/mol. The second kappa shape index (κ2) is 5.78. The van der Waals surface area contributed by atoms with Crippen LogP contribution in [0.2, 0.25) is 0 Å². The second-order valence-corrected chi connectivity index (χ2v) is 4.75. The van der Waals surface area contributed by atoms with Crippen molar-refractivity contribution in [1.29, 1.82) is 0 Å². The molecule has 0 radical (unpaired) electrons. The Labute approximate surface area is 121 Å². The molecule has 0 saturated carbocycles. The molecular formula is C15H15F2N3O. The fraction of sp³-hybridized carbons (Fsp3) is 0.133. The predicted octanol–water partition coefficient (Wildman–Crippen LogP) is 2.99. The highest BCUT2D eigenvalue weighted by atomic mass is 19.1. The van der Waals surface area contributed by atoms with Crippen LogP contribution in [0.4, 0.5) is 25.8 Å². The van der Waals surface area contributed by atoms with Crippen LogP contribution in [-0.4, -0.2) is 24.9 Å². The van der Waals surface area contributed by atoms with Gasteiger partial charge in [0.2, 0.25) is 0 Å². The van der Waals surface area contributed by atoms with E-state index in [2.05, 4.69) is 5.32 Å². The zero-order chi connectivity index (χ0) is 15.6. The molecule has 0 aromatic heterocycles. The molecule has 4 nitrogen and oxygen atoms in total. The highest BCUT2D eigenvalue weighted by Crippen LogP contribution is 2.26. The van der Waals surface area contributed by atoms with E-state index in [1.54, 1.807) is 26.2 Å². The van der Waals surface area contributed by atoms with Gasteiger partial charge >= 0.3 is 0 Å². The number of hydrogen-bond acceptors (Lipinski definition) is 3. The van der Waals surface area contributed by atoms with Crippen molar-refractivity contribution in [3.8, 4) is 0 Å². The summed E-state index contributed by atoms with van der Waals surface area (Å²) in [5.74, 6) is -1.34. The number of anilines is 3. The third-order valence-corrected chi connectivity index (χ3v) is 2.90. The van der Waals surface area contributed by atoms with E-state index in [1.807, 2.05) is 0 Å². The van der Waals surface area contributed by atoms with Crippen LogP contribution in [0.3, 0.4) is 0 Å². The van der Waals surface area contributed by atoms with Gasteiger partial charge in [-0.2, -0.15) is 0 Å². The smallest absolute Gasteiger partial charge is 0.253 e. The number of rotatable bonds is 3. The first kappa shape index (κ1) is 14.8. The lowest BCUT2D eigenvalue weighted by atomic mass is 10.1. The molecule has 0 aliphatic carbocycles. The number of nitrogen functional groups attached to an aromatic ring is 1. The average molecular weight is 291 g/mol. The van der Waals surface area contributed by atoms with Crippen LogP contribution in [0.5, 0.6) is 0 Å². The number of nitrogens with two attached hydrogens (primary N) is 1. The highest BCUT2D eigenvalue weighted by molar-refractivity contribution is 5.96. The maximum absolute atomic E-state index is 13.6. The van der Waals surface area contributed by atoms with E-state index >= 15 is 0 Å². The molecule has 110 valence electrons. The normalized spacial score (nSPS) is 10.3. The van der Waals surface area contributed by atoms with Crippen LogP contribution in [0, 0.1) is 11.6 Å². The summed E-state index contributed by atoms with van der Waals surface area (Å²) in [7, 11) is 3.26. The van der Waals surface area contributed by atoms with Gasteiger partial charge in [-0.3, -0.25) is 4.79 Å². The quantitative estimate of drug-likeness (QED) is 0.855. The summed E-state index contributed by atoms with van der Waals surface area (Å²) in [6.07, 6.45) is 0. The molecule has 21 heavy (non-hydrogen) atoms. The molecule has 2 rings (SSSR count). The van der Waals surface area contributed by atoms with Gasteiger partial charge in [-0.05, 0) is 30.3 Å². The molecular weight excluding hydrogens is 276 g/mol. The van der Waals surface area contributed by atoms with Gasteiger partial charge in [0.1, 0.15) is 11.6 Å². The summed E-state index contributed by atoms with van der Waals surface area (Å²) in [4.78, 5) is 13.2. The Hall–Kier alpha value is -2.63. The van der Waals surface area contributed by atoms with Crippen LogP contribution in [0.1, 0.15) is 10.4 Å². The molecule has 0 atom stereocenters. The van der Waals surface area contributed by atoms with E-state index in [1.165, 1.54) is 11.0 Å². The number of carbonyl (C=O) groups excluding carboxylic acids is 1. The van der Waals surface area contributed by atoms with Crippen molar-refractivity contribution in [2.24, 2.45) is 0 Å². The van der Waals surface area contributed by atoms with Crippen molar-refractivity contribution in [3.05, 3.63) is 53.6 Å². The van der Waals surface area contributed by atoms with Crippen molar-refractivity contribution in [2.45, 2.75) is 0 Å². The Balaban J connectivity index is 2.30. The first-order valence-electron chi connectivity index (χ1n) is 6.21. The lowest BCUT2D eigenvalue weighted by Crippen LogP contribution is -2.21. The first-order chi connectivity index (χ1) is 9.88. The molecule has 0 aliphatic heterocycles. The molecule has 0 heterocycles. The average Bonchev–Trinajstić information content (AvgIpc) is 2.44. The predicted molar refractivity (Wildman–Crippen MR) is 78.5 cm³/mol. The molecule has 3 N–H and O–H groups in total. The van der Waals surface area contributed by atoms with Crippen LogP contribution in [0.15, 0.2) is 36.4 Å². The number of amides is 1.